The molecule has 4 rings (SSSR count). The van der Waals surface area contributed by atoms with Crippen molar-refractivity contribution in [1.29, 1.82) is 0 Å². The lowest BCUT2D eigenvalue weighted by Crippen LogP contribution is -2.56. The van der Waals surface area contributed by atoms with Crippen LogP contribution in [0.25, 0.3) is 0 Å². The molecule has 0 unspecified atom stereocenters. The van der Waals surface area contributed by atoms with Crippen LogP contribution in [0.15, 0.2) is 12.1 Å². The number of likely N-dealkylation sites (N-methyl/N-ethyl adjacent to an activating group) is 1. The van der Waals surface area contributed by atoms with Crippen LogP contribution >= 0.6 is 0 Å². The number of carbonyl (C=O) groups excluding carboxylic acids is 3. The minimum atomic E-state index is -1.17. The van der Waals surface area contributed by atoms with Crippen LogP contribution in [0.1, 0.15) is 83.3 Å². The summed E-state index contributed by atoms with van der Waals surface area (Å²) < 4.78 is 11.7. The van der Waals surface area contributed by atoms with Crippen LogP contribution in [-0.2, 0) is 29.4 Å². The molecule has 1 N–H and O–H groups in total. The molecule has 3 aliphatic rings. The Bertz CT molecular complexity index is 1170. The average Bonchev–Trinajstić information content (AvgIpc) is 2.83. The number of phenols is 1. The quantitative estimate of drug-likeness (QED) is 0.0854. The number of phenolic OH excluding ortho intramolecular Hbond substituents is 1. The maximum Gasteiger partial charge on any atom is 0.367 e. The number of fused-ring (bicyclic) bond motifs is 2. The van der Waals surface area contributed by atoms with E-state index in [2.05, 4.69) is 18.7 Å². The molecule has 0 aliphatic heterocycles. The van der Waals surface area contributed by atoms with Crippen molar-refractivity contribution in [3.8, 4) is 11.5 Å². The highest BCUT2D eigenvalue weighted by atomic mass is 16.9. The molecule has 41 heavy (non-hydrogen) atoms. The molecule has 0 saturated heterocycles. The van der Waals surface area contributed by atoms with Gasteiger partial charge in [0.25, 0.3) is 5.09 Å². The summed E-state index contributed by atoms with van der Waals surface area (Å²) in [6.07, 6.45) is 3.56. The van der Waals surface area contributed by atoms with Gasteiger partial charge in [-0.2, -0.15) is 0 Å². The van der Waals surface area contributed by atoms with Crippen LogP contribution < -0.4 is 4.74 Å². The van der Waals surface area contributed by atoms with E-state index in [4.69, 9.17) is 9.47 Å². The van der Waals surface area contributed by atoms with Gasteiger partial charge < -0.3 is 23.9 Å². The molecule has 0 radical (unpaired) electrons. The van der Waals surface area contributed by atoms with E-state index in [0.717, 1.165) is 12.8 Å². The van der Waals surface area contributed by atoms with E-state index >= 15 is 0 Å². The second kappa shape index (κ2) is 12.3. The first-order chi connectivity index (χ1) is 18.9. The Morgan fingerprint density at radius 3 is 2.32 bits per heavy atom. The zero-order valence-corrected chi connectivity index (χ0v) is 25.4. The summed E-state index contributed by atoms with van der Waals surface area (Å²) in [6, 6.07) is 3.15. The Balaban J connectivity index is 1.80. The van der Waals surface area contributed by atoms with Crippen LogP contribution in [0, 0.1) is 27.4 Å². The number of aromatic hydroxyl groups is 1. The molecule has 228 valence electrons. The van der Waals surface area contributed by atoms with Gasteiger partial charge in [0.2, 0.25) is 0 Å². The normalized spacial score (nSPS) is 21.5. The highest BCUT2D eigenvalue weighted by Crippen LogP contribution is 2.64. The molecule has 0 aromatic heterocycles. The van der Waals surface area contributed by atoms with Crippen molar-refractivity contribution < 1.29 is 43.4 Å². The van der Waals surface area contributed by atoms with E-state index in [0.29, 0.717) is 34.9 Å². The second-order valence-corrected chi connectivity index (χ2v) is 13.6. The Morgan fingerprint density at radius 2 is 1.76 bits per heavy atom. The number of rotatable bonds is 14. The first-order valence-electron chi connectivity index (χ1n) is 14.3. The number of unbranched alkanes of at least 4 members (excludes halogenated alkanes) is 3. The molecule has 0 spiro atoms. The smallest absolute Gasteiger partial charge is 0.367 e. The number of quaternary nitrogens is 1. The molecular weight excluding hydrogens is 532 g/mol. The van der Waals surface area contributed by atoms with Gasteiger partial charge in [0, 0.05) is 23.8 Å². The van der Waals surface area contributed by atoms with Crippen molar-refractivity contribution >= 4 is 17.7 Å². The van der Waals surface area contributed by atoms with E-state index in [-0.39, 0.29) is 66.6 Å². The largest absolute Gasteiger partial charge is 0.508 e. The number of hydrogen-bond donors (Lipinski definition) is 1. The highest BCUT2D eigenvalue weighted by Gasteiger charge is 2.59. The standard InChI is InChI=1S/C30H44N2O9/c1-29(2,28(36)39-12-10-8-9-11-13-40-31(37)38)19-14-24(34)27(25(15-19)41-26(35)18-32(5,6)7)20-16-23(33)22-17-21(20)30(22,3)4/h14-15,20-22H,8-13,16-18H2,1-7H3/p+1/t20-,21+,22-/m0/s1. The average molecular weight is 578 g/mol. The Labute approximate surface area is 241 Å². The lowest BCUT2D eigenvalue weighted by Gasteiger charge is -2.59. The van der Waals surface area contributed by atoms with Crippen LogP contribution in [-0.4, -0.2) is 73.3 Å². The number of nitrogens with zero attached hydrogens (tertiary/aromatic N) is 2. The zero-order chi connectivity index (χ0) is 30.8. The fourth-order valence-electron chi connectivity index (χ4n) is 6.13. The van der Waals surface area contributed by atoms with E-state index in [1.54, 1.807) is 19.9 Å². The van der Waals surface area contributed by atoms with Gasteiger partial charge in [-0.15, -0.1) is 10.1 Å². The van der Waals surface area contributed by atoms with Crippen molar-refractivity contribution in [1.82, 2.24) is 0 Å². The maximum atomic E-state index is 13.1. The summed E-state index contributed by atoms with van der Waals surface area (Å²) in [5.41, 5.74) is -0.503. The molecule has 3 atom stereocenters. The van der Waals surface area contributed by atoms with Crippen LogP contribution in [0.2, 0.25) is 0 Å². The third kappa shape index (κ3) is 7.55. The first-order valence-corrected chi connectivity index (χ1v) is 14.3. The monoisotopic (exact) mass is 577 g/mol. The van der Waals surface area contributed by atoms with Crippen molar-refractivity contribution in [3.63, 3.8) is 0 Å². The van der Waals surface area contributed by atoms with Crippen molar-refractivity contribution in [2.24, 2.45) is 17.3 Å². The van der Waals surface area contributed by atoms with E-state index in [1.807, 2.05) is 21.1 Å². The molecule has 3 aliphatic carbocycles. The molecule has 1 aromatic carbocycles. The summed E-state index contributed by atoms with van der Waals surface area (Å²) >= 11 is 0. The third-order valence-electron chi connectivity index (χ3n) is 8.66. The topological polar surface area (TPSA) is 142 Å². The summed E-state index contributed by atoms with van der Waals surface area (Å²) in [7, 11) is 5.60. The number of carbonyl (C=O) groups is 3. The van der Waals surface area contributed by atoms with Gasteiger partial charge in [-0.3, -0.25) is 9.59 Å². The summed E-state index contributed by atoms with van der Waals surface area (Å²) in [6.45, 7) is 7.81. The summed E-state index contributed by atoms with van der Waals surface area (Å²) in [5.74, 6) is -0.882. The molecule has 11 heteroatoms. The van der Waals surface area contributed by atoms with Crippen LogP contribution in [0.5, 0.6) is 11.5 Å². The van der Waals surface area contributed by atoms with E-state index in [1.165, 1.54) is 6.07 Å². The number of ketones is 1. The third-order valence-corrected chi connectivity index (χ3v) is 8.66. The number of Topliss-reactive ketones (excluding diaryl/α,β-unsaturated/α-hetero) is 1. The number of hydrogen-bond acceptors (Lipinski definition) is 9. The van der Waals surface area contributed by atoms with Gasteiger partial charge in [-0.05, 0) is 68.6 Å². The Morgan fingerprint density at radius 1 is 1.12 bits per heavy atom. The first kappa shape index (κ1) is 32.3. The van der Waals surface area contributed by atoms with Crippen LogP contribution in [0.4, 0.5) is 0 Å². The molecule has 0 heterocycles. The predicted molar refractivity (Wildman–Crippen MR) is 150 cm³/mol. The van der Waals surface area contributed by atoms with Crippen LogP contribution in [0.3, 0.4) is 0 Å². The summed E-state index contributed by atoms with van der Waals surface area (Å²) in [4.78, 5) is 53.5. The van der Waals surface area contributed by atoms with Gasteiger partial charge in [0.15, 0.2) is 6.54 Å². The van der Waals surface area contributed by atoms with Gasteiger partial charge in [-0.25, -0.2) is 4.79 Å². The second-order valence-electron chi connectivity index (χ2n) is 13.6. The van der Waals surface area contributed by atoms with Gasteiger partial charge in [-0.1, -0.05) is 20.3 Å². The predicted octanol–water partition coefficient (Wildman–Crippen LogP) is 4.31. The lowest BCUT2D eigenvalue weighted by molar-refractivity contribution is -0.862. The Hall–Kier alpha value is -3.21. The van der Waals surface area contributed by atoms with Gasteiger partial charge >= 0.3 is 11.9 Å². The summed E-state index contributed by atoms with van der Waals surface area (Å²) in [5, 5.41) is 20.7. The minimum absolute atomic E-state index is 0.0115. The van der Waals surface area contributed by atoms with Crippen molar-refractivity contribution in [2.75, 3.05) is 40.9 Å². The molecular formula is C30H45N2O9+. The molecule has 2 bridgehead atoms. The SMILES string of the molecule is CC(C)(C(=O)OCCCCCCO[N+](=O)[O-])c1cc(O)c([C@H]2CC(=O)[C@@H]3C[C@H]2C3(C)C)c(OC(=O)C[N+](C)(C)C)c1. The fourth-order valence-corrected chi connectivity index (χ4v) is 6.13. The number of benzene rings is 1. The molecule has 1 aromatic rings. The number of ether oxygens (including phenoxy) is 2. The van der Waals surface area contributed by atoms with E-state index < -0.39 is 22.4 Å². The Kier molecular flexibility index (Phi) is 9.73. The van der Waals surface area contributed by atoms with Crippen molar-refractivity contribution in [3.05, 3.63) is 33.4 Å². The highest BCUT2D eigenvalue weighted by molar-refractivity contribution is 5.87. The zero-order valence-electron chi connectivity index (χ0n) is 25.4. The molecule has 0 amide bonds. The molecule has 3 saturated carbocycles. The molecule has 11 nitrogen and oxygen atoms in total. The van der Waals surface area contributed by atoms with Gasteiger partial charge in [0.1, 0.15) is 17.3 Å². The molecule has 3 fully saturated rings. The number of esters is 2. The minimum Gasteiger partial charge on any atom is -0.508 e. The fraction of sp³-hybridized carbons (Fsp3) is 0.700. The van der Waals surface area contributed by atoms with Gasteiger partial charge in [0.05, 0.1) is 39.8 Å². The van der Waals surface area contributed by atoms with E-state index in [9.17, 15) is 29.6 Å². The lowest BCUT2D eigenvalue weighted by atomic mass is 9.44. The van der Waals surface area contributed by atoms with Crippen molar-refractivity contribution in [2.45, 2.75) is 77.6 Å². The maximum absolute atomic E-state index is 13.1.